The third-order valence-electron chi connectivity index (χ3n) is 3.43. The maximum atomic E-state index is 13.6. The van der Waals surface area contributed by atoms with Crippen LogP contribution in [0, 0.1) is 24.1 Å². The van der Waals surface area contributed by atoms with Gasteiger partial charge >= 0.3 is 0 Å². The molecular formula is C14H15ClFN3O. The van der Waals surface area contributed by atoms with Crippen molar-refractivity contribution in [3.8, 4) is 6.07 Å². The van der Waals surface area contributed by atoms with Crippen LogP contribution in [-0.2, 0) is 0 Å². The van der Waals surface area contributed by atoms with Crippen molar-refractivity contribution in [1.82, 2.24) is 9.80 Å². The molecule has 6 heteroatoms. The number of hydrogen-bond donors (Lipinski definition) is 0. The number of hydrogen-bond acceptors (Lipinski definition) is 3. The highest BCUT2D eigenvalue weighted by atomic mass is 35.5. The lowest BCUT2D eigenvalue weighted by atomic mass is 10.1. The number of aryl methyl sites for hydroxylation is 1. The van der Waals surface area contributed by atoms with Gasteiger partial charge in [-0.2, -0.15) is 5.26 Å². The molecule has 0 unspecified atom stereocenters. The van der Waals surface area contributed by atoms with E-state index in [0.717, 1.165) is 0 Å². The first-order valence-electron chi connectivity index (χ1n) is 6.37. The van der Waals surface area contributed by atoms with Crippen LogP contribution in [0.15, 0.2) is 12.1 Å². The summed E-state index contributed by atoms with van der Waals surface area (Å²) in [5.41, 5.74) is 0.619. The van der Waals surface area contributed by atoms with E-state index in [1.165, 1.54) is 12.1 Å². The molecule has 0 aromatic heterocycles. The molecule has 0 saturated carbocycles. The van der Waals surface area contributed by atoms with Gasteiger partial charge in [-0.1, -0.05) is 11.6 Å². The number of rotatable bonds is 2. The minimum absolute atomic E-state index is 0.198. The van der Waals surface area contributed by atoms with Crippen LogP contribution in [-0.4, -0.2) is 48.4 Å². The molecule has 1 amide bonds. The Morgan fingerprint density at radius 3 is 2.65 bits per heavy atom. The SMILES string of the molecule is Cc1cc(Cl)c(C(=O)N2CCN(CC#N)CC2)cc1F. The molecule has 1 fully saturated rings. The van der Waals surface area contributed by atoms with E-state index in [4.69, 9.17) is 16.9 Å². The van der Waals surface area contributed by atoms with Crippen LogP contribution in [0.5, 0.6) is 0 Å². The van der Waals surface area contributed by atoms with Gasteiger partial charge in [-0.05, 0) is 24.6 Å². The fraction of sp³-hybridized carbons (Fsp3) is 0.429. The number of nitrogens with zero attached hydrogens (tertiary/aromatic N) is 3. The Hall–Kier alpha value is -1.64. The van der Waals surface area contributed by atoms with Crippen LogP contribution in [0.4, 0.5) is 4.39 Å². The second-order valence-electron chi connectivity index (χ2n) is 4.81. The van der Waals surface area contributed by atoms with Crippen molar-refractivity contribution in [2.24, 2.45) is 0 Å². The van der Waals surface area contributed by atoms with Crippen molar-refractivity contribution >= 4 is 17.5 Å². The van der Waals surface area contributed by atoms with Crippen LogP contribution < -0.4 is 0 Å². The quantitative estimate of drug-likeness (QED) is 0.785. The van der Waals surface area contributed by atoms with Gasteiger partial charge in [0.15, 0.2) is 0 Å². The molecule has 1 aromatic rings. The number of carbonyl (C=O) groups excluding carboxylic acids is 1. The van der Waals surface area contributed by atoms with Crippen LogP contribution in [0.25, 0.3) is 0 Å². The van der Waals surface area contributed by atoms with Crippen molar-refractivity contribution in [3.05, 3.63) is 34.1 Å². The molecule has 20 heavy (non-hydrogen) atoms. The van der Waals surface area contributed by atoms with E-state index in [0.29, 0.717) is 38.3 Å². The van der Waals surface area contributed by atoms with Crippen molar-refractivity contribution in [3.63, 3.8) is 0 Å². The summed E-state index contributed by atoms with van der Waals surface area (Å²) < 4.78 is 13.6. The third-order valence-corrected chi connectivity index (χ3v) is 3.75. The lowest BCUT2D eigenvalue weighted by molar-refractivity contribution is 0.0651. The molecule has 0 aliphatic carbocycles. The summed E-state index contributed by atoms with van der Waals surface area (Å²) in [7, 11) is 0. The standard InChI is InChI=1S/C14H15ClFN3O/c1-10-8-12(15)11(9-13(10)16)14(20)19-6-4-18(3-2-17)5-7-19/h8-9H,3-7H2,1H3. The van der Waals surface area contributed by atoms with Gasteiger partial charge in [0.05, 0.1) is 23.2 Å². The summed E-state index contributed by atoms with van der Waals surface area (Å²) in [4.78, 5) is 16.0. The van der Waals surface area contributed by atoms with E-state index in [1.807, 2.05) is 4.90 Å². The third kappa shape index (κ3) is 3.09. The number of amides is 1. The number of halogens is 2. The van der Waals surface area contributed by atoms with Crippen LogP contribution in [0.1, 0.15) is 15.9 Å². The number of benzene rings is 1. The molecule has 0 spiro atoms. The monoisotopic (exact) mass is 295 g/mol. The molecule has 0 bridgehead atoms. The Kier molecular flexibility index (Phi) is 4.58. The second kappa shape index (κ2) is 6.21. The van der Waals surface area contributed by atoms with Gasteiger partial charge in [-0.3, -0.25) is 9.69 Å². The molecule has 0 atom stereocenters. The molecule has 1 aliphatic heterocycles. The molecule has 1 aromatic carbocycles. The summed E-state index contributed by atoms with van der Waals surface area (Å²) >= 11 is 6.03. The second-order valence-corrected chi connectivity index (χ2v) is 5.21. The van der Waals surface area contributed by atoms with Gasteiger partial charge in [0.1, 0.15) is 5.82 Å². The number of piperazine rings is 1. The molecule has 2 rings (SSSR count). The molecule has 1 aliphatic rings. The molecule has 106 valence electrons. The first-order chi connectivity index (χ1) is 9.52. The lowest BCUT2D eigenvalue weighted by Crippen LogP contribution is -2.48. The maximum absolute atomic E-state index is 13.6. The van der Waals surface area contributed by atoms with E-state index >= 15 is 0 Å². The lowest BCUT2D eigenvalue weighted by Gasteiger charge is -2.33. The highest BCUT2D eigenvalue weighted by Crippen LogP contribution is 2.22. The Balaban J connectivity index is 2.10. The first-order valence-corrected chi connectivity index (χ1v) is 6.75. The van der Waals surface area contributed by atoms with Gasteiger partial charge in [0, 0.05) is 26.2 Å². The maximum Gasteiger partial charge on any atom is 0.255 e. The van der Waals surface area contributed by atoms with E-state index in [9.17, 15) is 9.18 Å². The largest absolute Gasteiger partial charge is 0.336 e. The normalized spacial score (nSPS) is 16.0. The summed E-state index contributed by atoms with van der Waals surface area (Å²) in [6.07, 6.45) is 0. The summed E-state index contributed by atoms with van der Waals surface area (Å²) in [6.45, 7) is 4.30. The predicted octanol–water partition coefficient (Wildman–Crippen LogP) is 2.07. The minimum atomic E-state index is -0.430. The van der Waals surface area contributed by atoms with Gasteiger partial charge < -0.3 is 4.90 Å². The van der Waals surface area contributed by atoms with Crippen LogP contribution in [0.3, 0.4) is 0 Å². The summed E-state index contributed by atoms with van der Waals surface area (Å²) in [5.74, 6) is -0.689. The topological polar surface area (TPSA) is 47.3 Å². The van der Waals surface area contributed by atoms with Gasteiger partial charge in [0.2, 0.25) is 0 Å². The van der Waals surface area contributed by atoms with Gasteiger partial charge in [-0.15, -0.1) is 0 Å². The number of nitriles is 1. The van der Waals surface area contributed by atoms with Crippen molar-refractivity contribution in [2.75, 3.05) is 32.7 Å². The smallest absolute Gasteiger partial charge is 0.255 e. The minimum Gasteiger partial charge on any atom is -0.336 e. The Labute approximate surface area is 122 Å². The van der Waals surface area contributed by atoms with E-state index in [2.05, 4.69) is 6.07 Å². The average molecular weight is 296 g/mol. The van der Waals surface area contributed by atoms with E-state index < -0.39 is 5.82 Å². The van der Waals surface area contributed by atoms with Crippen molar-refractivity contribution in [2.45, 2.75) is 6.92 Å². The molecular weight excluding hydrogens is 281 g/mol. The zero-order valence-corrected chi connectivity index (χ0v) is 12.0. The number of carbonyl (C=O) groups is 1. The molecule has 1 heterocycles. The molecule has 0 N–H and O–H groups in total. The average Bonchev–Trinajstić information content (AvgIpc) is 2.43. The molecule has 0 radical (unpaired) electrons. The zero-order chi connectivity index (χ0) is 14.7. The fourth-order valence-electron chi connectivity index (χ4n) is 2.19. The van der Waals surface area contributed by atoms with Crippen LogP contribution in [0.2, 0.25) is 5.02 Å². The zero-order valence-electron chi connectivity index (χ0n) is 11.2. The molecule has 4 nitrogen and oxygen atoms in total. The predicted molar refractivity (Wildman–Crippen MR) is 74.1 cm³/mol. The van der Waals surface area contributed by atoms with Gasteiger partial charge in [0.25, 0.3) is 5.91 Å². The first kappa shape index (κ1) is 14.8. The van der Waals surface area contributed by atoms with Crippen molar-refractivity contribution in [1.29, 1.82) is 5.26 Å². The molecule has 1 saturated heterocycles. The summed E-state index contributed by atoms with van der Waals surface area (Å²) in [6, 6.07) is 4.75. The Morgan fingerprint density at radius 2 is 2.05 bits per heavy atom. The van der Waals surface area contributed by atoms with Gasteiger partial charge in [-0.25, -0.2) is 4.39 Å². The van der Waals surface area contributed by atoms with E-state index in [1.54, 1.807) is 11.8 Å². The fourth-order valence-corrected chi connectivity index (χ4v) is 2.49. The summed E-state index contributed by atoms with van der Waals surface area (Å²) in [5, 5.41) is 8.90. The highest BCUT2D eigenvalue weighted by Gasteiger charge is 2.24. The Bertz CT molecular complexity index is 562. The van der Waals surface area contributed by atoms with E-state index in [-0.39, 0.29) is 16.5 Å². The van der Waals surface area contributed by atoms with Crippen LogP contribution >= 0.6 is 11.6 Å². The van der Waals surface area contributed by atoms with Crippen molar-refractivity contribution < 1.29 is 9.18 Å². The Morgan fingerprint density at radius 1 is 1.40 bits per heavy atom. The highest BCUT2D eigenvalue weighted by molar-refractivity contribution is 6.33.